The minimum absolute atomic E-state index is 0.0973. The first kappa shape index (κ1) is 21.4. The number of hydrogen-bond donors (Lipinski definition) is 2. The topological polar surface area (TPSA) is 121 Å². The van der Waals surface area contributed by atoms with Crippen molar-refractivity contribution in [3.05, 3.63) is 45.5 Å². The highest BCUT2D eigenvalue weighted by molar-refractivity contribution is 7.18. The number of rotatable bonds is 7. The van der Waals surface area contributed by atoms with Crippen LogP contribution in [0.25, 0.3) is 11.0 Å². The number of aryl methyl sites for hydroxylation is 1. The van der Waals surface area contributed by atoms with Crippen molar-refractivity contribution in [2.45, 2.75) is 27.7 Å². The summed E-state index contributed by atoms with van der Waals surface area (Å²) < 4.78 is 16.3. The molecule has 1 aromatic carbocycles. The van der Waals surface area contributed by atoms with Crippen molar-refractivity contribution in [3.63, 3.8) is 0 Å². The van der Waals surface area contributed by atoms with Gasteiger partial charge in [-0.25, -0.2) is 4.79 Å². The van der Waals surface area contributed by atoms with Crippen LogP contribution in [0.5, 0.6) is 5.75 Å². The number of furan rings is 1. The predicted octanol–water partition coefficient (Wildman–Crippen LogP) is 4.04. The highest BCUT2D eigenvalue weighted by Crippen LogP contribution is 2.35. The molecule has 0 fully saturated rings. The second-order valence-electron chi connectivity index (χ2n) is 6.45. The van der Waals surface area contributed by atoms with Crippen LogP contribution in [0.4, 0.5) is 5.00 Å². The van der Waals surface area contributed by atoms with Crippen LogP contribution >= 0.6 is 11.3 Å². The molecule has 0 aliphatic carbocycles. The molecule has 3 aromatic rings. The van der Waals surface area contributed by atoms with Crippen molar-refractivity contribution in [1.82, 2.24) is 0 Å². The van der Waals surface area contributed by atoms with Crippen LogP contribution in [0.15, 0.2) is 22.6 Å². The van der Waals surface area contributed by atoms with Crippen molar-refractivity contribution in [2.75, 3.05) is 18.5 Å². The molecule has 0 aliphatic rings. The van der Waals surface area contributed by atoms with Crippen molar-refractivity contribution in [3.8, 4) is 5.75 Å². The number of thiophene rings is 1. The summed E-state index contributed by atoms with van der Waals surface area (Å²) in [5, 5.41) is 3.60. The summed E-state index contributed by atoms with van der Waals surface area (Å²) in [4.78, 5) is 37.2. The first-order valence-corrected chi connectivity index (χ1v) is 10.2. The van der Waals surface area contributed by atoms with Gasteiger partial charge in [0.05, 0.1) is 23.7 Å². The number of carbonyl (C=O) groups excluding carboxylic acids is 3. The Labute approximate surface area is 176 Å². The largest absolute Gasteiger partial charge is 0.494 e. The van der Waals surface area contributed by atoms with E-state index in [1.165, 1.54) is 0 Å². The smallest absolute Gasteiger partial charge is 0.341 e. The molecule has 0 unspecified atom stereocenters. The van der Waals surface area contributed by atoms with Gasteiger partial charge >= 0.3 is 5.97 Å². The van der Waals surface area contributed by atoms with Gasteiger partial charge in [-0.3, -0.25) is 9.59 Å². The molecule has 0 radical (unpaired) electrons. The van der Waals surface area contributed by atoms with E-state index in [4.69, 9.17) is 19.6 Å². The maximum Gasteiger partial charge on any atom is 0.341 e. The van der Waals surface area contributed by atoms with Gasteiger partial charge in [0, 0.05) is 10.9 Å². The van der Waals surface area contributed by atoms with Crippen LogP contribution in [-0.2, 0) is 4.74 Å². The Morgan fingerprint density at radius 2 is 1.87 bits per heavy atom. The van der Waals surface area contributed by atoms with Crippen molar-refractivity contribution in [2.24, 2.45) is 5.73 Å². The quantitative estimate of drug-likeness (QED) is 0.546. The predicted molar refractivity (Wildman–Crippen MR) is 114 cm³/mol. The van der Waals surface area contributed by atoms with Gasteiger partial charge in [-0.15, -0.1) is 11.3 Å². The summed E-state index contributed by atoms with van der Waals surface area (Å²) in [5.41, 5.74) is 7.04. The van der Waals surface area contributed by atoms with Crippen LogP contribution in [0.3, 0.4) is 0 Å². The van der Waals surface area contributed by atoms with Gasteiger partial charge in [-0.05, 0) is 51.5 Å². The molecule has 0 saturated carbocycles. The van der Waals surface area contributed by atoms with E-state index in [1.807, 2.05) is 6.92 Å². The number of esters is 1. The maximum absolute atomic E-state index is 12.9. The van der Waals surface area contributed by atoms with Gasteiger partial charge < -0.3 is 24.9 Å². The van der Waals surface area contributed by atoms with E-state index in [2.05, 4.69) is 5.32 Å². The number of hydrogen-bond acceptors (Lipinski definition) is 7. The van der Waals surface area contributed by atoms with E-state index in [1.54, 1.807) is 39.0 Å². The first-order chi connectivity index (χ1) is 14.3. The Kier molecular flexibility index (Phi) is 6.12. The lowest BCUT2D eigenvalue weighted by Crippen LogP contribution is -2.15. The molecule has 0 bridgehead atoms. The zero-order valence-corrected chi connectivity index (χ0v) is 17.9. The van der Waals surface area contributed by atoms with Gasteiger partial charge in [-0.2, -0.15) is 0 Å². The fraction of sp³-hybridized carbons (Fsp3) is 0.286. The molecule has 0 saturated heterocycles. The van der Waals surface area contributed by atoms with Crippen LogP contribution in [0.2, 0.25) is 0 Å². The fourth-order valence-corrected chi connectivity index (χ4v) is 4.16. The molecule has 0 aliphatic heterocycles. The van der Waals surface area contributed by atoms with Gasteiger partial charge in [0.15, 0.2) is 5.76 Å². The number of fused-ring (bicyclic) bond motifs is 1. The second-order valence-corrected chi connectivity index (χ2v) is 7.47. The summed E-state index contributed by atoms with van der Waals surface area (Å²) in [6.07, 6.45) is 0. The van der Waals surface area contributed by atoms with Crippen molar-refractivity contribution in [1.29, 1.82) is 0 Å². The number of nitrogens with one attached hydrogen (secondary N) is 1. The fourth-order valence-electron chi connectivity index (χ4n) is 3.12. The van der Waals surface area contributed by atoms with Gasteiger partial charge in [0.25, 0.3) is 11.8 Å². The Morgan fingerprint density at radius 3 is 2.50 bits per heavy atom. The Hall–Kier alpha value is -3.33. The molecule has 2 amide bonds. The molecule has 3 N–H and O–H groups in total. The van der Waals surface area contributed by atoms with E-state index in [0.717, 1.165) is 16.7 Å². The molecule has 0 atom stereocenters. The third-order valence-electron chi connectivity index (χ3n) is 4.50. The highest BCUT2D eigenvalue weighted by atomic mass is 32.1. The normalized spacial score (nSPS) is 10.8. The molecular formula is C21H22N2O6S. The zero-order valence-electron chi connectivity index (χ0n) is 17.1. The Balaban J connectivity index is 1.99. The minimum Gasteiger partial charge on any atom is -0.494 e. The third-order valence-corrected chi connectivity index (χ3v) is 5.72. The van der Waals surface area contributed by atoms with Crippen LogP contribution in [-0.4, -0.2) is 31.0 Å². The van der Waals surface area contributed by atoms with Crippen LogP contribution in [0.1, 0.15) is 55.6 Å². The Morgan fingerprint density at radius 1 is 1.13 bits per heavy atom. The van der Waals surface area contributed by atoms with E-state index in [9.17, 15) is 14.4 Å². The highest BCUT2D eigenvalue weighted by Gasteiger charge is 2.27. The third kappa shape index (κ3) is 3.88. The van der Waals surface area contributed by atoms with Crippen LogP contribution < -0.4 is 15.8 Å². The summed E-state index contributed by atoms with van der Waals surface area (Å²) in [5.74, 6) is -1.11. The monoisotopic (exact) mass is 430 g/mol. The molecule has 2 aromatic heterocycles. The number of benzene rings is 1. The molecule has 158 valence electrons. The van der Waals surface area contributed by atoms with Gasteiger partial charge in [-0.1, -0.05) is 0 Å². The summed E-state index contributed by atoms with van der Waals surface area (Å²) in [6.45, 7) is 7.57. The lowest BCUT2D eigenvalue weighted by atomic mass is 10.1. The van der Waals surface area contributed by atoms with Crippen molar-refractivity contribution < 1.29 is 28.3 Å². The SMILES string of the molecule is CCOC(=O)c1c(NC(=O)c2oc3ccc(OCC)cc3c2C)sc(C(N)=O)c1C. The molecular weight excluding hydrogens is 408 g/mol. The minimum atomic E-state index is -0.688. The maximum atomic E-state index is 12.9. The number of amides is 2. The molecule has 30 heavy (non-hydrogen) atoms. The molecule has 8 nitrogen and oxygen atoms in total. The van der Waals surface area contributed by atoms with Crippen LogP contribution in [0, 0.1) is 13.8 Å². The Bertz CT molecular complexity index is 1140. The van der Waals surface area contributed by atoms with Gasteiger partial charge in [0.1, 0.15) is 16.3 Å². The molecule has 9 heteroatoms. The molecule has 0 spiro atoms. The molecule has 3 rings (SSSR count). The summed E-state index contributed by atoms with van der Waals surface area (Å²) >= 11 is 0.924. The number of carbonyl (C=O) groups is 3. The van der Waals surface area contributed by atoms with E-state index in [0.29, 0.717) is 29.1 Å². The van der Waals surface area contributed by atoms with E-state index < -0.39 is 17.8 Å². The average molecular weight is 430 g/mol. The number of anilines is 1. The van der Waals surface area contributed by atoms with Gasteiger partial charge in [0.2, 0.25) is 0 Å². The lowest BCUT2D eigenvalue weighted by molar-refractivity contribution is 0.0527. The standard InChI is InChI=1S/C21H22N2O6S/c1-5-27-12-7-8-14-13(9-12)10(3)16(29-14)19(25)23-20-15(21(26)28-6-2)11(4)17(30-20)18(22)24/h7-9H,5-6H2,1-4H3,(H2,22,24)(H,23,25). The molecule has 2 heterocycles. The summed E-state index contributed by atoms with van der Waals surface area (Å²) in [6, 6.07) is 5.30. The lowest BCUT2D eigenvalue weighted by Gasteiger charge is -2.06. The number of nitrogens with two attached hydrogens (primary N) is 1. The zero-order chi connectivity index (χ0) is 22.0. The number of primary amides is 1. The van der Waals surface area contributed by atoms with Crippen molar-refractivity contribution >= 4 is 45.1 Å². The second kappa shape index (κ2) is 8.58. The number of ether oxygens (including phenoxy) is 2. The first-order valence-electron chi connectivity index (χ1n) is 9.36. The average Bonchev–Trinajstić information content (AvgIpc) is 3.19. The van der Waals surface area contributed by atoms with E-state index in [-0.39, 0.29) is 27.8 Å². The summed E-state index contributed by atoms with van der Waals surface area (Å²) in [7, 11) is 0. The van der Waals surface area contributed by atoms with E-state index >= 15 is 0 Å².